The number of hydrogen-bond donors (Lipinski definition) is 1. The van der Waals surface area contributed by atoms with Crippen LogP contribution in [-0.2, 0) is 17.9 Å². The number of aromatic nitrogens is 5. The Hall–Kier alpha value is -3.00. The van der Waals surface area contributed by atoms with Gasteiger partial charge in [0, 0.05) is 36.1 Å². The number of carbonyl (C=O) groups is 1. The zero-order valence-corrected chi connectivity index (χ0v) is 16.5. The summed E-state index contributed by atoms with van der Waals surface area (Å²) in [6.45, 7) is 4.86. The molecule has 0 aliphatic rings. The molecule has 9 heteroatoms. The topological polar surface area (TPSA) is 98.7 Å². The zero-order valence-electron chi connectivity index (χ0n) is 15.7. The number of unbranched alkanes of at least 4 members (excludes halogenated alkanes) is 1. The minimum Gasteiger partial charge on any atom is -0.343 e. The average molecular weight is 401 g/mol. The van der Waals surface area contributed by atoms with E-state index in [2.05, 4.69) is 32.5 Å². The summed E-state index contributed by atoms with van der Waals surface area (Å²) in [6.07, 6.45) is 8.43. The molecular formula is C19H21ClN6O2. The van der Waals surface area contributed by atoms with Crippen LogP contribution in [0.25, 0.3) is 17.5 Å². The van der Waals surface area contributed by atoms with Crippen LogP contribution in [0.1, 0.15) is 36.9 Å². The first kappa shape index (κ1) is 19.8. The predicted molar refractivity (Wildman–Crippen MR) is 105 cm³/mol. The Morgan fingerprint density at radius 2 is 2.14 bits per heavy atom. The summed E-state index contributed by atoms with van der Waals surface area (Å²) in [7, 11) is 0. The number of rotatable bonds is 8. The van der Waals surface area contributed by atoms with Crippen LogP contribution in [0.3, 0.4) is 0 Å². The summed E-state index contributed by atoms with van der Waals surface area (Å²) >= 11 is 6.36. The molecule has 0 saturated heterocycles. The lowest BCUT2D eigenvalue weighted by Crippen LogP contribution is -2.20. The standard InChI is InChI=1S/C19H21ClN6O2/c1-3-4-11-26-18(20)15(13(2)24-26)5-6-16(27)22-12-17-23-19(25-28-17)14-7-9-21-10-8-14/h5-10H,3-4,11-12H2,1-2H3,(H,22,27)/b6-5+. The summed E-state index contributed by atoms with van der Waals surface area (Å²) in [5, 5.41) is 11.6. The van der Waals surface area contributed by atoms with Crippen molar-refractivity contribution in [1.29, 1.82) is 0 Å². The van der Waals surface area contributed by atoms with E-state index in [9.17, 15) is 4.79 Å². The van der Waals surface area contributed by atoms with Crippen LogP contribution in [0, 0.1) is 6.92 Å². The number of hydrogen-bond acceptors (Lipinski definition) is 6. The molecule has 3 heterocycles. The van der Waals surface area contributed by atoms with Gasteiger partial charge in [0.2, 0.25) is 17.6 Å². The van der Waals surface area contributed by atoms with Gasteiger partial charge >= 0.3 is 0 Å². The summed E-state index contributed by atoms with van der Waals surface area (Å²) < 4.78 is 6.92. The molecule has 0 aromatic carbocycles. The van der Waals surface area contributed by atoms with Crippen molar-refractivity contribution in [3.8, 4) is 11.4 Å². The van der Waals surface area contributed by atoms with Crippen molar-refractivity contribution in [2.75, 3.05) is 0 Å². The smallest absolute Gasteiger partial charge is 0.246 e. The van der Waals surface area contributed by atoms with Gasteiger partial charge in [0.25, 0.3) is 0 Å². The Labute approximate surface area is 167 Å². The van der Waals surface area contributed by atoms with Crippen molar-refractivity contribution in [3.63, 3.8) is 0 Å². The Bertz CT molecular complexity index is 964. The molecule has 0 bridgehead atoms. The number of nitrogens with zero attached hydrogens (tertiary/aromatic N) is 5. The summed E-state index contributed by atoms with van der Waals surface area (Å²) in [4.78, 5) is 20.3. The van der Waals surface area contributed by atoms with E-state index < -0.39 is 0 Å². The van der Waals surface area contributed by atoms with E-state index in [4.69, 9.17) is 16.1 Å². The molecule has 0 spiro atoms. The molecule has 1 N–H and O–H groups in total. The van der Waals surface area contributed by atoms with Gasteiger partial charge in [-0.1, -0.05) is 30.1 Å². The lowest BCUT2D eigenvalue weighted by atomic mass is 10.2. The molecule has 0 atom stereocenters. The van der Waals surface area contributed by atoms with Gasteiger partial charge in [0.15, 0.2) is 0 Å². The molecule has 0 radical (unpaired) electrons. The molecule has 3 aromatic heterocycles. The molecule has 0 aliphatic heterocycles. The Kier molecular flexibility index (Phi) is 6.54. The van der Waals surface area contributed by atoms with Crippen molar-refractivity contribution < 1.29 is 9.32 Å². The van der Waals surface area contributed by atoms with Crippen molar-refractivity contribution in [3.05, 3.63) is 52.9 Å². The minimum atomic E-state index is -0.291. The van der Waals surface area contributed by atoms with Gasteiger partial charge in [-0.15, -0.1) is 0 Å². The van der Waals surface area contributed by atoms with Crippen molar-refractivity contribution in [1.82, 2.24) is 30.2 Å². The monoisotopic (exact) mass is 400 g/mol. The first-order valence-corrected chi connectivity index (χ1v) is 9.38. The first-order chi connectivity index (χ1) is 13.6. The molecule has 0 fully saturated rings. The molecule has 0 unspecified atom stereocenters. The van der Waals surface area contributed by atoms with Crippen molar-refractivity contribution in [2.45, 2.75) is 39.8 Å². The van der Waals surface area contributed by atoms with Crippen LogP contribution in [0.15, 0.2) is 35.1 Å². The van der Waals surface area contributed by atoms with Crippen molar-refractivity contribution in [2.24, 2.45) is 0 Å². The number of nitrogens with one attached hydrogen (secondary N) is 1. The number of amides is 1. The quantitative estimate of drug-likeness (QED) is 0.581. The van der Waals surface area contributed by atoms with Gasteiger partial charge in [0.1, 0.15) is 5.15 Å². The van der Waals surface area contributed by atoms with Crippen LogP contribution in [0.4, 0.5) is 0 Å². The summed E-state index contributed by atoms with van der Waals surface area (Å²) in [5.41, 5.74) is 2.32. The molecule has 3 rings (SSSR count). The highest BCUT2D eigenvalue weighted by atomic mass is 35.5. The number of carbonyl (C=O) groups excluding carboxylic acids is 1. The van der Waals surface area contributed by atoms with Gasteiger partial charge in [-0.3, -0.25) is 14.5 Å². The SMILES string of the molecule is CCCCn1nc(C)c(/C=C/C(=O)NCc2nc(-c3ccncc3)no2)c1Cl. The highest BCUT2D eigenvalue weighted by Gasteiger charge is 2.12. The molecular weight excluding hydrogens is 380 g/mol. The van der Waals surface area contributed by atoms with Crippen LogP contribution in [0.2, 0.25) is 5.15 Å². The van der Waals surface area contributed by atoms with E-state index in [1.807, 2.05) is 6.92 Å². The number of aryl methyl sites for hydroxylation is 2. The lowest BCUT2D eigenvalue weighted by Gasteiger charge is -2.00. The summed E-state index contributed by atoms with van der Waals surface area (Å²) in [5.74, 6) is 0.472. The van der Waals surface area contributed by atoms with Crippen LogP contribution in [0.5, 0.6) is 0 Å². The second-order valence-corrected chi connectivity index (χ2v) is 6.52. The van der Waals surface area contributed by atoms with Gasteiger partial charge < -0.3 is 9.84 Å². The maximum absolute atomic E-state index is 12.1. The van der Waals surface area contributed by atoms with E-state index in [0.29, 0.717) is 16.9 Å². The van der Waals surface area contributed by atoms with E-state index in [-0.39, 0.29) is 12.5 Å². The molecule has 1 amide bonds. The maximum atomic E-state index is 12.1. The van der Waals surface area contributed by atoms with Gasteiger partial charge in [-0.25, -0.2) is 0 Å². The average Bonchev–Trinajstić information content (AvgIpc) is 3.29. The van der Waals surface area contributed by atoms with E-state index in [1.165, 1.54) is 6.08 Å². The summed E-state index contributed by atoms with van der Waals surface area (Å²) in [6, 6.07) is 3.56. The van der Waals surface area contributed by atoms with Crippen LogP contribution >= 0.6 is 11.6 Å². The van der Waals surface area contributed by atoms with Gasteiger partial charge in [-0.05, 0) is 31.6 Å². The minimum absolute atomic E-state index is 0.129. The molecule has 146 valence electrons. The van der Waals surface area contributed by atoms with Gasteiger partial charge in [-0.2, -0.15) is 10.1 Å². The van der Waals surface area contributed by atoms with E-state index in [1.54, 1.807) is 35.3 Å². The predicted octanol–water partition coefficient (Wildman–Crippen LogP) is 3.42. The Morgan fingerprint density at radius 3 is 2.89 bits per heavy atom. The maximum Gasteiger partial charge on any atom is 0.246 e. The molecule has 28 heavy (non-hydrogen) atoms. The van der Waals surface area contributed by atoms with E-state index in [0.717, 1.165) is 36.2 Å². The Morgan fingerprint density at radius 1 is 1.36 bits per heavy atom. The lowest BCUT2D eigenvalue weighted by molar-refractivity contribution is -0.116. The fraction of sp³-hybridized carbons (Fsp3) is 0.316. The normalized spacial score (nSPS) is 11.2. The highest BCUT2D eigenvalue weighted by Crippen LogP contribution is 2.21. The van der Waals surface area contributed by atoms with Crippen LogP contribution < -0.4 is 5.32 Å². The van der Waals surface area contributed by atoms with Crippen LogP contribution in [-0.4, -0.2) is 30.8 Å². The third-order valence-electron chi connectivity index (χ3n) is 4.05. The molecule has 0 aliphatic carbocycles. The molecule has 3 aromatic rings. The second-order valence-electron chi connectivity index (χ2n) is 6.17. The third-order valence-corrected chi connectivity index (χ3v) is 4.45. The highest BCUT2D eigenvalue weighted by molar-refractivity contribution is 6.31. The van der Waals surface area contributed by atoms with Gasteiger partial charge in [0.05, 0.1) is 12.2 Å². The zero-order chi connectivity index (χ0) is 19.9. The Balaban J connectivity index is 1.58. The van der Waals surface area contributed by atoms with Crippen molar-refractivity contribution >= 4 is 23.6 Å². The van der Waals surface area contributed by atoms with E-state index >= 15 is 0 Å². The number of pyridine rings is 1. The fourth-order valence-corrected chi connectivity index (χ4v) is 2.86. The third kappa shape index (κ3) is 4.83. The largest absolute Gasteiger partial charge is 0.343 e. The molecule has 8 nitrogen and oxygen atoms in total. The molecule has 0 saturated carbocycles. The number of halogens is 1. The first-order valence-electron chi connectivity index (χ1n) is 9.00. The fourth-order valence-electron chi connectivity index (χ4n) is 2.54. The second kappa shape index (κ2) is 9.27.